The lowest BCUT2D eigenvalue weighted by atomic mass is 10.2. The van der Waals surface area contributed by atoms with Gasteiger partial charge in [-0.15, -0.1) is 11.3 Å². The van der Waals surface area contributed by atoms with Crippen LogP contribution < -0.4 is 5.73 Å². The number of hydrogen-bond donors (Lipinski definition) is 1. The highest BCUT2D eigenvalue weighted by Gasteiger charge is 2.17. The predicted octanol–water partition coefficient (Wildman–Crippen LogP) is 1.96. The standard InChI is InChI=1S/C14H18N2OS/c15-9-4-5-12-7-8-13(18-12)11-16-10-3-1-2-6-14(16)17/h7-8H,1-3,6,9-11,15H2. The van der Waals surface area contributed by atoms with Crippen molar-refractivity contribution in [1.82, 2.24) is 4.90 Å². The van der Waals surface area contributed by atoms with Crippen molar-refractivity contribution in [2.75, 3.05) is 13.1 Å². The Labute approximate surface area is 112 Å². The molecule has 0 radical (unpaired) electrons. The molecule has 4 heteroatoms. The maximum atomic E-state index is 11.9. The summed E-state index contributed by atoms with van der Waals surface area (Å²) in [5.41, 5.74) is 5.35. The first-order valence-corrected chi connectivity index (χ1v) is 7.16. The van der Waals surface area contributed by atoms with Gasteiger partial charge in [0.25, 0.3) is 0 Å². The monoisotopic (exact) mass is 262 g/mol. The summed E-state index contributed by atoms with van der Waals surface area (Å²) in [7, 11) is 0. The average molecular weight is 262 g/mol. The molecule has 0 atom stereocenters. The minimum atomic E-state index is 0.287. The van der Waals surface area contributed by atoms with Crippen LogP contribution in [0.2, 0.25) is 0 Å². The van der Waals surface area contributed by atoms with Crippen molar-refractivity contribution < 1.29 is 4.79 Å². The molecule has 1 aromatic heterocycles. The van der Waals surface area contributed by atoms with Crippen LogP contribution in [0.4, 0.5) is 0 Å². The molecule has 1 aliphatic rings. The van der Waals surface area contributed by atoms with E-state index in [-0.39, 0.29) is 5.91 Å². The molecule has 0 aromatic carbocycles. The Morgan fingerprint density at radius 1 is 1.33 bits per heavy atom. The maximum Gasteiger partial charge on any atom is 0.222 e. The first-order chi connectivity index (χ1) is 8.79. The van der Waals surface area contributed by atoms with E-state index >= 15 is 0 Å². The van der Waals surface area contributed by atoms with Crippen molar-refractivity contribution in [3.63, 3.8) is 0 Å². The Bertz CT molecular complexity index is 470. The third-order valence-electron chi connectivity index (χ3n) is 2.99. The van der Waals surface area contributed by atoms with E-state index in [9.17, 15) is 4.79 Å². The zero-order valence-electron chi connectivity index (χ0n) is 10.4. The molecule has 96 valence electrons. The number of rotatable bonds is 2. The zero-order valence-corrected chi connectivity index (χ0v) is 11.3. The minimum Gasteiger partial charge on any atom is -0.338 e. The second-order valence-corrected chi connectivity index (χ2v) is 5.57. The first-order valence-electron chi connectivity index (χ1n) is 6.35. The molecule has 0 aliphatic carbocycles. The van der Waals surface area contributed by atoms with Crippen LogP contribution in [0, 0.1) is 11.8 Å². The summed E-state index contributed by atoms with van der Waals surface area (Å²) < 4.78 is 0. The third-order valence-corrected chi connectivity index (χ3v) is 3.98. The van der Waals surface area contributed by atoms with Crippen molar-refractivity contribution in [3.05, 3.63) is 21.9 Å². The summed E-state index contributed by atoms with van der Waals surface area (Å²) in [5, 5.41) is 0. The highest BCUT2D eigenvalue weighted by Crippen LogP contribution is 2.20. The topological polar surface area (TPSA) is 46.3 Å². The van der Waals surface area contributed by atoms with Gasteiger partial charge in [0, 0.05) is 17.8 Å². The Balaban J connectivity index is 1.99. The van der Waals surface area contributed by atoms with Crippen LogP contribution in [0.25, 0.3) is 0 Å². The van der Waals surface area contributed by atoms with Crippen molar-refractivity contribution in [2.24, 2.45) is 5.73 Å². The minimum absolute atomic E-state index is 0.287. The third kappa shape index (κ3) is 3.59. The first kappa shape index (κ1) is 13.1. The number of thiophene rings is 1. The predicted molar refractivity (Wildman–Crippen MR) is 74.1 cm³/mol. The molecule has 3 nitrogen and oxygen atoms in total. The Kier molecular flexibility index (Phi) is 4.80. The maximum absolute atomic E-state index is 11.9. The van der Waals surface area contributed by atoms with Gasteiger partial charge in [-0.05, 0) is 25.0 Å². The Morgan fingerprint density at radius 3 is 3.06 bits per heavy atom. The number of nitrogens with two attached hydrogens (primary N) is 1. The summed E-state index contributed by atoms with van der Waals surface area (Å²) in [6, 6.07) is 4.06. The van der Waals surface area contributed by atoms with Crippen LogP contribution in [-0.4, -0.2) is 23.9 Å². The summed E-state index contributed by atoms with van der Waals surface area (Å²) in [6.07, 6.45) is 4.02. The van der Waals surface area contributed by atoms with E-state index < -0.39 is 0 Å². The Hall–Kier alpha value is -1.31. The Morgan fingerprint density at radius 2 is 2.22 bits per heavy atom. The highest BCUT2D eigenvalue weighted by molar-refractivity contribution is 7.12. The largest absolute Gasteiger partial charge is 0.338 e. The fourth-order valence-electron chi connectivity index (χ4n) is 2.06. The van der Waals surface area contributed by atoms with Gasteiger partial charge in [-0.2, -0.15) is 0 Å². The molecule has 0 unspecified atom stereocenters. The van der Waals surface area contributed by atoms with E-state index in [1.54, 1.807) is 11.3 Å². The summed E-state index contributed by atoms with van der Waals surface area (Å²) in [6.45, 7) is 2.01. The van der Waals surface area contributed by atoms with Gasteiger partial charge in [0.05, 0.1) is 18.0 Å². The smallest absolute Gasteiger partial charge is 0.222 e. The van der Waals surface area contributed by atoms with E-state index in [0.29, 0.717) is 13.0 Å². The second kappa shape index (κ2) is 6.58. The van der Waals surface area contributed by atoms with Crippen molar-refractivity contribution in [3.8, 4) is 11.8 Å². The van der Waals surface area contributed by atoms with Gasteiger partial charge >= 0.3 is 0 Å². The van der Waals surface area contributed by atoms with Gasteiger partial charge in [-0.1, -0.05) is 18.3 Å². The van der Waals surface area contributed by atoms with E-state index in [2.05, 4.69) is 17.9 Å². The van der Waals surface area contributed by atoms with Gasteiger partial charge in [0.15, 0.2) is 0 Å². The molecule has 1 aromatic rings. The van der Waals surface area contributed by atoms with Crippen LogP contribution in [0.3, 0.4) is 0 Å². The van der Waals surface area contributed by atoms with E-state index in [1.165, 1.54) is 11.3 Å². The number of amides is 1. The molecule has 1 saturated heterocycles. The van der Waals surface area contributed by atoms with E-state index in [1.807, 2.05) is 11.0 Å². The van der Waals surface area contributed by atoms with Gasteiger partial charge in [-0.3, -0.25) is 4.79 Å². The SMILES string of the molecule is NCC#Cc1ccc(CN2CCCCCC2=O)s1. The van der Waals surface area contributed by atoms with Crippen LogP contribution >= 0.6 is 11.3 Å². The molecule has 0 saturated carbocycles. The van der Waals surface area contributed by atoms with Crippen molar-refractivity contribution in [1.29, 1.82) is 0 Å². The summed E-state index contributed by atoms with van der Waals surface area (Å²) in [5.74, 6) is 6.16. The molecule has 18 heavy (non-hydrogen) atoms. The lowest BCUT2D eigenvalue weighted by Crippen LogP contribution is -2.29. The molecule has 0 bridgehead atoms. The molecular weight excluding hydrogens is 244 g/mol. The average Bonchev–Trinajstić information content (AvgIpc) is 2.72. The summed E-state index contributed by atoms with van der Waals surface area (Å²) >= 11 is 1.65. The zero-order chi connectivity index (χ0) is 12.8. The van der Waals surface area contributed by atoms with Gasteiger partial charge in [0.2, 0.25) is 5.91 Å². The molecular formula is C14H18N2OS. The molecule has 0 spiro atoms. The normalized spacial score (nSPS) is 16.1. The molecule has 2 N–H and O–H groups in total. The van der Waals surface area contributed by atoms with Crippen LogP contribution in [0.15, 0.2) is 12.1 Å². The number of nitrogens with zero attached hydrogens (tertiary/aromatic N) is 1. The fourth-order valence-corrected chi connectivity index (χ4v) is 2.96. The molecule has 1 aliphatic heterocycles. The highest BCUT2D eigenvalue weighted by atomic mass is 32.1. The van der Waals surface area contributed by atoms with Crippen LogP contribution in [0.1, 0.15) is 35.4 Å². The number of carbonyl (C=O) groups is 1. The number of hydrogen-bond acceptors (Lipinski definition) is 3. The van der Waals surface area contributed by atoms with Gasteiger partial charge in [0.1, 0.15) is 0 Å². The van der Waals surface area contributed by atoms with Crippen LogP contribution in [0.5, 0.6) is 0 Å². The van der Waals surface area contributed by atoms with Crippen LogP contribution in [-0.2, 0) is 11.3 Å². The second-order valence-electron chi connectivity index (χ2n) is 4.40. The van der Waals surface area contributed by atoms with Crippen molar-refractivity contribution in [2.45, 2.75) is 32.2 Å². The number of likely N-dealkylation sites (tertiary alicyclic amines) is 1. The quantitative estimate of drug-likeness (QED) is 0.828. The summed E-state index contributed by atoms with van der Waals surface area (Å²) in [4.78, 5) is 16.1. The molecule has 2 rings (SSSR count). The fraction of sp³-hybridized carbons (Fsp3) is 0.500. The number of carbonyl (C=O) groups excluding carboxylic acids is 1. The van der Waals surface area contributed by atoms with Gasteiger partial charge in [-0.25, -0.2) is 0 Å². The molecule has 1 amide bonds. The van der Waals surface area contributed by atoms with Crippen molar-refractivity contribution >= 4 is 17.2 Å². The molecule has 2 heterocycles. The van der Waals surface area contributed by atoms with E-state index in [4.69, 9.17) is 5.73 Å². The van der Waals surface area contributed by atoms with E-state index in [0.717, 1.165) is 30.8 Å². The lowest BCUT2D eigenvalue weighted by molar-refractivity contribution is -0.131. The molecule has 1 fully saturated rings. The lowest BCUT2D eigenvalue weighted by Gasteiger charge is -2.19. The van der Waals surface area contributed by atoms with Gasteiger partial charge < -0.3 is 10.6 Å².